The van der Waals surface area contributed by atoms with Gasteiger partial charge in [0.25, 0.3) is 0 Å². The van der Waals surface area contributed by atoms with Crippen molar-refractivity contribution in [3.05, 3.63) is 0 Å². The lowest BCUT2D eigenvalue weighted by Crippen LogP contribution is -2.55. The molecule has 1 aliphatic heterocycles. The van der Waals surface area contributed by atoms with E-state index in [2.05, 4.69) is 5.32 Å². The third kappa shape index (κ3) is 5.86. The quantitative estimate of drug-likeness (QED) is 0.545. The van der Waals surface area contributed by atoms with E-state index in [9.17, 15) is 18.4 Å². The lowest BCUT2D eigenvalue weighted by molar-refractivity contribution is -0.154. The summed E-state index contributed by atoms with van der Waals surface area (Å²) >= 11 is 0. The Morgan fingerprint density at radius 2 is 1.82 bits per heavy atom. The number of carbonyl (C=O) groups excluding carboxylic acids is 2. The normalized spacial score (nSPS) is 26.9. The lowest BCUT2D eigenvalue weighted by Gasteiger charge is -2.37. The molecule has 0 aromatic heterocycles. The molecule has 3 atom stereocenters. The van der Waals surface area contributed by atoms with Crippen LogP contribution in [0, 0.1) is 11.8 Å². The van der Waals surface area contributed by atoms with Crippen LogP contribution in [-0.2, 0) is 19.1 Å². The number of likely N-dealkylation sites (tertiary alicyclic amines) is 1. The molecule has 8 heteroatoms. The van der Waals surface area contributed by atoms with E-state index in [-0.39, 0.29) is 50.2 Å². The fraction of sp³-hybridized carbons (Fsp3) is 0.900. The first kappa shape index (κ1) is 23.0. The summed E-state index contributed by atoms with van der Waals surface area (Å²) in [7, 11) is 1.31. The predicted molar refractivity (Wildman–Crippen MR) is 101 cm³/mol. The number of hydrogen-bond donors (Lipinski definition) is 1. The molecule has 1 saturated carbocycles. The standard InChI is InChI=1S/C20H34F2N2O4/c1-13-8-11-24(16(13)18(26)27-5)17(25)15(23-12-28-19(2,3)4)14-6-9-20(21,22)10-7-14/h13-16,23H,6-12H2,1-5H3/t13-,15?,16?/m0/s1. The van der Waals surface area contributed by atoms with Crippen LogP contribution in [0.5, 0.6) is 0 Å². The zero-order chi connectivity index (χ0) is 21.1. The zero-order valence-corrected chi connectivity index (χ0v) is 17.6. The van der Waals surface area contributed by atoms with E-state index < -0.39 is 29.6 Å². The number of halogens is 2. The van der Waals surface area contributed by atoms with Gasteiger partial charge in [-0.3, -0.25) is 10.1 Å². The van der Waals surface area contributed by atoms with Gasteiger partial charge in [-0.05, 0) is 51.9 Å². The van der Waals surface area contributed by atoms with Crippen molar-refractivity contribution in [3.63, 3.8) is 0 Å². The fourth-order valence-electron chi connectivity index (χ4n) is 4.05. The van der Waals surface area contributed by atoms with Gasteiger partial charge in [0.1, 0.15) is 6.04 Å². The van der Waals surface area contributed by atoms with Crippen LogP contribution in [0.25, 0.3) is 0 Å². The molecule has 0 aromatic carbocycles. The van der Waals surface area contributed by atoms with Gasteiger partial charge in [-0.2, -0.15) is 0 Å². The van der Waals surface area contributed by atoms with Crippen molar-refractivity contribution in [1.29, 1.82) is 0 Å². The summed E-state index contributed by atoms with van der Waals surface area (Å²) in [6.45, 7) is 8.23. The molecule has 28 heavy (non-hydrogen) atoms. The van der Waals surface area contributed by atoms with Crippen molar-refractivity contribution in [2.75, 3.05) is 20.4 Å². The number of nitrogens with zero attached hydrogens (tertiary/aromatic N) is 1. The lowest BCUT2D eigenvalue weighted by atomic mass is 9.81. The molecule has 1 aliphatic carbocycles. The molecule has 6 nitrogen and oxygen atoms in total. The molecule has 2 aliphatic rings. The van der Waals surface area contributed by atoms with Crippen molar-refractivity contribution in [1.82, 2.24) is 10.2 Å². The molecule has 1 N–H and O–H groups in total. The fourth-order valence-corrected chi connectivity index (χ4v) is 4.05. The van der Waals surface area contributed by atoms with Crippen molar-refractivity contribution in [3.8, 4) is 0 Å². The third-order valence-corrected chi connectivity index (χ3v) is 5.73. The number of hydrogen-bond acceptors (Lipinski definition) is 5. The summed E-state index contributed by atoms with van der Waals surface area (Å²) < 4.78 is 37.8. The number of esters is 1. The smallest absolute Gasteiger partial charge is 0.328 e. The summed E-state index contributed by atoms with van der Waals surface area (Å²) in [6.07, 6.45) is 0.788. The summed E-state index contributed by atoms with van der Waals surface area (Å²) in [5.41, 5.74) is -0.392. The van der Waals surface area contributed by atoms with Gasteiger partial charge in [-0.15, -0.1) is 0 Å². The highest BCUT2D eigenvalue weighted by Crippen LogP contribution is 2.38. The summed E-state index contributed by atoms with van der Waals surface area (Å²) in [5.74, 6) is -3.54. The van der Waals surface area contributed by atoms with Crippen molar-refractivity contribution < 1.29 is 27.8 Å². The molecule has 1 saturated heterocycles. The molecule has 2 unspecified atom stereocenters. The molecule has 2 rings (SSSR count). The molecule has 0 bridgehead atoms. The molecular weight excluding hydrogens is 370 g/mol. The Labute approximate surface area is 166 Å². The molecule has 162 valence electrons. The number of alkyl halides is 2. The Bertz CT molecular complexity index is 555. The van der Waals surface area contributed by atoms with Crippen LogP contribution in [0.4, 0.5) is 8.78 Å². The summed E-state index contributed by atoms with van der Waals surface area (Å²) in [6, 6.07) is -1.29. The number of amides is 1. The maximum absolute atomic E-state index is 13.6. The van der Waals surface area contributed by atoms with E-state index in [0.717, 1.165) is 0 Å². The summed E-state index contributed by atoms with van der Waals surface area (Å²) in [4.78, 5) is 27.1. The first-order chi connectivity index (χ1) is 12.9. The molecular formula is C20H34F2N2O4. The molecule has 0 radical (unpaired) electrons. The van der Waals surface area contributed by atoms with Gasteiger partial charge in [0.2, 0.25) is 11.8 Å². The van der Waals surface area contributed by atoms with E-state index in [1.165, 1.54) is 7.11 Å². The maximum Gasteiger partial charge on any atom is 0.328 e. The van der Waals surface area contributed by atoms with Crippen LogP contribution < -0.4 is 5.32 Å². The highest BCUT2D eigenvalue weighted by Gasteiger charge is 2.45. The Hall–Kier alpha value is -1.28. The van der Waals surface area contributed by atoms with Crippen molar-refractivity contribution in [2.24, 2.45) is 11.8 Å². The van der Waals surface area contributed by atoms with Crippen LogP contribution >= 0.6 is 0 Å². The minimum Gasteiger partial charge on any atom is -0.467 e. The van der Waals surface area contributed by atoms with E-state index in [1.54, 1.807) is 4.90 Å². The average Bonchev–Trinajstić information content (AvgIpc) is 2.99. The topological polar surface area (TPSA) is 67.9 Å². The van der Waals surface area contributed by atoms with E-state index in [4.69, 9.17) is 9.47 Å². The largest absolute Gasteiger partial charge is 0.467 e. The van der Waals surface area contributed by atoms with Crippen molar-refractivity contribution in [2.45, 2.75) is 83.4 Å². The zero-order valence-electron chi connectivity index (χ0n) is 17.6. The van der Waals surface area contributed by atoms with Gasteiger partial charge in [-0.25, -0.2) is 13.6 Å². The second kappa shape index (κ2) is 9.03. The molecule has 1 heterocycles. The Balaban J connectivity index is 2.15. The van der Waals surface area contributed by atoms with Gasteiger partial charge < -0.3 is 14.4 Å². The van der Waals surface area contributed by atoms with E-state index >= 15 is 0 Å². The van der Waals surface area contributed by atoms with Gasteiger partial charge >= 0.3 is 5.97 Å². The number of carbonyl (C=O) groups is 2. The van der Waals surface area contributed by atoms with Crippen LogP contribution in [-0.4, -0.2) is 60.8 Å². The van der Waals surface area contributed by atoms with Gasteiger partial charge in [0.15, 0.2) is 0 Å². The highest BCUT2D eigenvalue weighted by atomic mass is 19.3. The number of ether oxygens (including phenoxy) is 2. The summed E-state index contributed by atoms with van der Waals surface area (Å²) in [5, 5.41) is 3.13. The second-order valence-electron chi connectivity index (χ2n) is 9.04. The van der Waals surface area contributed by atoms with E-state index in [0.29, 0.717) is 13.0 Å². The number of methoxy groups -OCH3 is 1. The number of rotatable bonds is 6. The molecule has 1 amide bonds. The molecule has 0 spiro atoms. The molecule has 0 aromatic rings. The molecule has 2 fully saturated rings. The van der Waals surface area contributed by atoms with Crippen LogP contribution in [0.1, 0.15) is 59.8 Å². The maximum atomic E-state index is 13.6. The van der Waals surface area contributed by atoms with Crippen LogP contribution in [0.15, 0.2) is 0 Å². The highest BCUT2D eigenvalue weighted by molar-refractivity contribution is 5.88. The number of nitrogens with one attached hydrogen (secondary N) is 1. The Morgan fingerprint density at radius 3 is 2.36 bits per heavy atom. The van der Waals surface area contributed by atoms with E-state index in [1.807, 2.05) is 27.7 Å². The van der Waals surface area contributed by atoms with Gasteiger partial charge in [0, 0.05) is 19.4 Å². The predicted octanol–water partition coefficient (Wildman–Crippen LogP) is 2.95. The Kier molecular flexibility index (Phi) is 7.42. The first-order valence-electron chi connectivity index (χ1n) is 10.1. The Morgan fingerprint density at radius 1 is 1.21 bits per heavy atom. The SMILES string of the molecule is COC(=O)C1[C@@H](C)CCN1C(=O)C(NCOC(C)(C)C)C1CCC(F)(F)CC1. The van der Waals surface area contributed by atoms with Crippen LogP contribution in [0.2, 0.25) is 0 Å². The monoisotopic (exact) mass is 404 g/mol. The van der Waals surface area contributed by atoms with Crippen LogP contribution in [0.3, 0.4) is 0 Å². The average molecular weight is 404 g/mol. The minimum atomic E-state index is -2.66. The third-order valence-electron chi connectivity index (χ3n) is 5.73. The van der Waals surface area contributed by atoms with Gasteiger partial charge in [-0.1, -0.05) is 6.92 Å². The van der Waals surface area contributed by atoms with Crippen molar-refractivity contribution >= 4 is 11.9 Å². The minimum absolute atomic E-state index is 0.00133. The first-order valence-corrected chi connectivity index (χ1v) is 10.1. The van der Waals surface area contributed by atoms with Gasteiger partial charge in [0.05, 0.1) is 25.5 Å². The second-order valence-corrected chi connectivity index (χ2v) is 9.04.